The number of hydrogen-bond acceptors (Lipinski definition) is 3. The molecule has 5 nitrogen and oxygen atoms in total. The number of aliphatic hydroxyl groups excluding tert-OH is 1. The van der Waals surface area contributed by atoms with Crippen molar-refractivity contribution in [1.82, 2.24) is 5.32 Å². The molecule has 0 radical (unpaired) electrons. The topological polar surface area (TPSA) is 78.4 Å². The molecule has 0 aliphatic heterocycles. The summed E-state index contributed by atoms with van der Waals surface area (Å²) in [4.78, 5) is 24.2. The molecule has 2 aromatic rings. The molecule has 2 rings (SSSR count). The van der Waals surface area contributed by atoms with Gasteiger partial charge in [-0.3, -0.25) is 9.59 Å². The molecule has 0 fully saturated rings. The van der Waals surface area contributed by atoms with E-state index in [2.05, 4.69) is 10.6 Å². The molecule has 0 aromatic heterocycles. The van der Waals surface area contributed by atoms with Gasteiger partial charge in [-0.05, 0) is 29.7 Å². The average Bonchev–Trinajstić information content (AvgIpc) is 2.72. The summed E-state index contributed by atoms with van der Waals surface area (Å²) < 4.78 is 26.6. The fourth-order valence-electron chi connectivity index (χ4n) is 2.71. The Morgan fingerprint density at radius 2 is 1.57 bits per heavy atom. The largest absolute Gasteiger partial charge is 0.382 e. The Balaban J connectivity index is 1.98. The summed E-state index contributed by atoms with van der Waals surface area (Å²) in [7, 11) is 0. The number of amides is 2. The third kappa shape index (κ3) is 6.50. The van der Waals surface area contributed by atoms with Crippen LogP contribution in [-0.4, -0.2) is 35.4 Å². The van der Waals surface area contributed by atoms with Crippen LogP contribution in [0.1, 0.15) is 25.8 Å². The lowest BCUT2D eigenvalue weighted by molar-refractivity contribution is -0.137. The maximum atomic E-state index is 13.3. The smallest absolute Gasteiger partial charge is 0.270 e. The van der Waals surface area contributed by atoms with Gasteiger partial charge in [-0.2, -0.15) is 0 Å². The number of nitrogens with one attached hydrogen (secondary N) is 2. The SMILES string of the molecule is C[C@@H](C(=O)Nc1ccc(-c2ccc(C(C)(F)F)cc2)cc1)[C@@H](O)C(=O)NCCCCl. The van der Waals surface area contributed by atoms with Crippen LogP contribution in [0, 0.1) is 5.92 Å². The highest BCUT2D eigenvalue weighted by Crippen LogP contribution is 2.29. The maximum Gasteiger partial charge on any atom is 0.270 e. The molecule has 0 aliphatic rings. The van der Waals surface area contributed by atoms with Crippen molar-refractivity contribution >= 4 is 29.1 Å². The zero-order valence-corrected chi connectivity index (χ0v) is 17.5. The Kier molecular flexibility index (Phi) is 8.32. The van der Waals surface area contributed by atoms with E-state index < -0.39 is 29.8 Å². The van der Waals surface area contributed by atoms with E-state index in [4.69, 9.17) is 11.6 Å². The first-order chi connectivity index (χ1) is 14.1. The van der Waals surface area contributed by atoms with Gasteiger partial charge in [0, 0.05) is 30.6 Å². The Morgan fingerprint density at radius 3 is 2.07 bits per heavy atom. The van der Waals surface area contributed by atoms with E-state index in [1.165, 1.54) is 19.1 Å². The number of alkyl halides is 3. The number of anilines is 1. The maximum absolute atomic E-state index is 13.3. The first-order valence-electron chi connectivity index (χ1n) is 9.55. The lowest BCUT2D eigenvalue weighted by atomic mass is 10.0. The van der Waals surface area contributed by atoms with Gasteiger partial charge in [0.2, 0.25) is 11.8 Å². The van der Waals surface area contributed by atoms with Crippen molar-refractivity contribution < 1.29 is 23.5 Å². The van der Waals surface area contributed by atoms with Crippen molar-refractivity contribution in [2.24, 2.45) is 5.92 Å². The monoisotopic (exact) mass is 438 g/mol. The van der Waals surface area contributed by atoms with Crippen molar-refractivity contribution in [3.8, 4) is 11.1 Å². The van der Waals surface area contributed by atoms with Crippen LogP contribution in [0.25, 0.3) is 11.1 Å². The Labute approximate surface area is 179 Å². The van der Waals surface area contributed by atoms with Crippen LogP contribution in [0.4, 0.5) is 14.5 Å². The standard InChI is InChI=1S/C22H25ClF2N2O3/c1-14(19(28)21(30)26-13-3-12-23)20(29)27-18-10-6-16(7-11-18)15-4-8-17(9-5-15)22(2,24)25/h4-11,14,19,28H,3,12-13H2,1-2H3,(H,26,30)(H,27,29)/t14-,19-/m1/s1. The van der Waals surface area contributed by atoms with Gasteiger partial charge >= 0.3 is 0 Å². The van der Waals surface area contributed by atoms with Crippen LogP contribution in [0.3, 0.4) is 0 Å². The molecule has 0 saturated carbocycles. The number of carbonyl (C=O) groups is 2. The lowest BCUT2D eigenvalue weighted by Crippen LogP contribution is -2.43. The highest BCUT2D eigenvalue weighted by atomic mass is 35.5. The molecule has 0 saturated heterocycles. The van der Waals surface area contributed by atoms with Crippen molar-refractivity contribution in [3.05, 3.63) is 54.1 Å². The molecule has 2 aromatic carbocycles. The summed E-state index contributed by atoms with van der Waals surface area (Å²) in [5, 5.41) is 15.2. The molecule has 30 heavy (non-hydrogen) atoms. The summed E-state index contributed by atoms with van der Waals surface area (Å²) in [6.07, 6.45) is -0.911. The van der Waals surface area contributed by atoms with E-state index in [1.54, 1.807) is 36.4 Å². The Morgan fingerprint density at radius 1 is 1.03 bits per heavy atom. The molecule has 2 atom stereocenters. The molecular formula is C22H25ClF2N2O3. The normalized spacial score (nSPS) is 13.4. The van der Waals surface area contributed by atoms with E-state index in [-0.39, 0.29) is 5.56 Å². The van der Waals surface area contributed by atoms with Gasteiger partial charge in [0.25, 0.3) is 5.92 Å². The number of carbonyl (C=O) groups excluding carboxylic acids is 2. The minimum Gasteiger partial charge on any atom is -0.382 e. The van der Waals surface area contributed by atoms with Crippen LogP contribution < -0.4 is 10.6 Å². The summed E-state index contributed by atoms with van der Waals surface area (Å²) in [5.74, 6) is -4.59. The zero-order chi connectivity index (χ0) is 22.3. The zero-order valence-electron chi connectivity index (χ0n) is 16.8. The number of halogens is 3. The van der Waals surface area contributed by atoms with Gasteiger partial charge in [-0.25, -0.2) is 8.78 Å². The molecule has 0 unspecified atom stereocenters. The quantitative estimate of drug-likeness (QED) is 0.406. The molecular weight excluding hydrogens is 414 g/mol. The fraction of sp³-hybridized carbons (Fsp3) is 0.364. The van der Waals surface area contributed by atoms with E-state index in [9.17, 15) is 23.5 Å². The third-order valence-corrected chi connectivity index (χ3v) is 4.91. The highest BCUT2D eigenvalue weighted by molar-refractivity contribution is 6.17. The van der Waals surface area contributed by atoms with Gasteiger partial charge in [0.05, 0.1) is 5.92 Å². The molecule has 0 spiro atoms. The van der Waals surface area contributed by atoms with Gasteiger partial charge < -0.3 is 15.7 Å². The highest BCUT2D eigenvalue weighted by Gasteiger charge is 2.28. The second-order valence-electron chi connectivity index (χ2n) is 7.10. The number of rotatable bonds is 9. The van der Waals surface area contributed by atoms with E-state index >= 15 is 0 Å². The van der Waals surface area contributed by atoms with Crippen molar-refractivity contribution in [3.63, 3.8) is 0 Å². The van der Waals surface area contributed by atoms with Gasteiger partial charge in [-0.15, -0.1) is 11.6 Å². The molecule has 162 valence electrons. The number of hydrogen-bond donors (Lipinski definition) is 3. The first kappa shape index (κ1) is 23.8. The van der Waals surface area contributed by atoms with Gasteiger partial charge in [0.15, 0.2) is 0 Å². The van der Waals surface area contributed by atoms with E-state index in [0.29, 0.717) is 24.5 Å². The van der Waals surface area contributed by atoms with Crippen LogP contribution >= 0.6 is 11.6 Å². The summed E-state index contributed by atoms with van der Waals surface area (Å²) in [6, 6.07) is 12.8. The first-order valence-corrected chi connectivity index (χ1v) is 10.1. The Bertz CT molecular complexity index is 852. The van der Waals surface area contributed by atoms with Crippen LogP contribution in [-0.2, 0) is 15.5 Å². The fourth-order valence-corrected chi connectivity index (χ4v) is 2.84. The van der Waals surface area contributed by atoms with Gasteiger partial charge in [0.1, 0.15) is 6.10 Å². The average molecular weight is 439 g/mol. The van der Waals surface area contributed by atoms with Crippen LogP contribution in [0.15, 0.2) is 48.5 Å². The molecule has 3 N–H and O–H groups in total. The molecule has 0 heterocycles. The molecule has 0 aliphatic carbocycles. The third-order valence-electron chi connectivity index (χ3n) is 4.64. The summed E-state index contributed by atoms with van der Waals surface area (Å²) >= 11 is 5.53. The number of benzene rings is 2. The minimum atomic E-state index is -2.89. The van der Waals surface area contributed by atoms with Crippen molar-refractivity contribution in [2.45, 2.75) is 32.3 Å². The second-order valence-corrected chi connectivity index (χ2v) is 7.48. The summed E-state index contributed by atoms with van der Waals surface area (Å²) in [6.45, 7) is 2.63. The van der Waals surface area contributed by atoms with E-state index in [0.717, 1.165) is 18.1 Å². The lowest BCUT2D eigenvalue weighted by Gasteiger charge is -2.18. The van der Waals surface area contributed by atoms with Crippen molar-refractivity contribution in [2.75, 3.05) is 17.7 Å². The molecule has 0 bridgehead atoms. The summed E-state index contributed by atoms with van der Waals surface area (Å²) in [5.41, 5.74) is 1.99. The predicted octanol–water partition coefficient (Wildman–Crippen LogP) is 4.15. The van der Waals surface area contributed by atoms with E-state index in [1.807, 2.05) is 0 Å². The van der Waals surface area contributed by atoms with Crippen LogP contribution in [0.5, 0.6) is 0 Å². The molecule has 2 amide bonds. The predicted molar refractivity (Wildman–Crippen MR) is 114 cm³/mol. The molecule has 8 heteroatoms. The Hall–Kier alpha value is -2.51. The second kappa shape index (κ2) is 10.5. The van der Waals surface area contributed by atoms with Crippen molar-refractivity contribution in [1.29, 1.82) is 0 Å². The van der Waals surface area contributed by atoms with Crippen LogP contribution in [0.2, 0.25) is 0 Å². The van der Waals surface area contributed by atoms with Gasteiger partial charge in [-0.1, -0.05) is 43.3 Å². The number of aliphatic hydroxyl groups is 1. The minimum absolute atomic E-state index is 0.0608.